The number of hydrogen-bond donors (Lipinski definition) is 0. The van der Waals surface area contributed by atoms with Crippen LogP contribution in [0.2, 0.25) is 0 Å². The van der Waals surface area contributed by atoms with Crippen LogP contribution >= 0.6 is 0 Å². The molecule has 0 N–H and O–H groups in total. The second-order valence-electron chi connectivity index (χ2n) is 6.90. The van der Waals surface area contributed by atoms with E-state index in [9.17, 15) is 8.42 Å². The predicted molar refractivity (Wildman–Crippen MR) is 81.2 cm³/mol. The lowest BCUT2D eigenvalue weighted by atomic mass is 9.85. The lowest BCUT2D eigenvalue weighted by Crippen LogP contribution is -2.17. The van der Waals surface area contributed by atoms with Crippen molar-refractivity contribution in [1.82, 2.24) is 0 Å². The minimum Gasteiger partial charge on any atom is -0.219 e. The Bertz CT molecular complexity index is 786. The van der Waals surface area contributed by atoms with E-state index in [1.165, 1.54) is 24.8 Å². The number of sulfone groups is 1. The highest BCUT2D eigenvalue weighted by Crippen LogP contribution is 2.64. The molecule has 0 amide bonds. The van der Waals surface area contributed by atoms with Crippen LogP contribution in [0, 0.1) is 23.7 Å². The van der Waals surface area contributed by atoms with Gasteiger partial charge in [-0.25, -0.2) is 8.42 Å². The third kappa shape index (κ3) is 1.45. The maximum absolute atomic E-state index is 12.9. The second kappa shape index (κ2) is 3.89. The average molecular weight is 298 g/mol. The van der Waals surface area contributed by atoms with Crippen molar-refractivity contribution < 1.29 is 8.42 Å². The fourth-order valence-corrected chi connectivity index (χ4v) is 7.01. The molecule has 3 heteroatoms. The van der Waals surface area contributed by atoms with Gasteiger partial charge in [-0.3, -0.25) is 0 Å². The van der Waals surface area contributed by atoms with Crippen LogP contribution in [-0.4, -0.2) is 8.42 Å². The molecule has 0 spiro atoms. The van der Waals surface area contributed by atoms with Crippen LogP contribution in [0.15, 0.2) is 57.4 Å². The Hall–Kier alpha value is -1.35. The minimum atomic E-state index is -3.30. The molecule has 4 aliphatic carbocycles. The normalized spacial score (nSPS) is 36.3. The highest BCUT2D eigenvalue weighted by Gasteiger charge is 2.53. The molecule has 108 valence electrons. The van der Waals surface area contributed by atoms with Gasteiger partial charge in [0.1, 0.15) is 0 Å². The molecule has 0 radical (unpaired) electrons. The summed E-state index contributed by atoms with van der Waals surface area (Å²) >= 11 is 0. The molecular weight excluding hydrogens is 280 g/mol. The Morgan fingerprint density at radius 3 is 2.38 bits per heavy atom. The highest BCUT2D eigenvalue weighted by atomic mass is 32.2. The molecule has 5 rings (SSSR count). The van der Waals surface area contributed by atoms with E-state index < -0.39 is 9.84 Å². The van der Waals surface area contributed by atoms with Gasteiger partial charge in [0.15, 0.2) is 0 Å². The summed E-state index contributed by atoms with van der Waals surface area (Å²) in [6.07, 6.45) is 7.02. The van der Waals surface area contributed by atoms with Crippen molar-refractivity contribution in [3.05, 3.63) is 52.5 Å². The fourth-order valence-electron chi connectivity index (χ4n) is 5.28. The van der Waals surface area contributed by atoms with E-state index in [2.05, 4.69) is 6.08 Å². The summed E-state index contributed by atoms with van der Waals surface area (Å²) in [4.78, 5) is 1.15. The molecule has 1 aromatic carbocycles. The summed E-state index contributed by atoms with van der Waals surface area (Å²) in [6.45, 7) is 0. The van der Waals surface area contributed by atoms with Crippen LogP contribution in [0.5, 0.6) is 0 Å². The van der Waals surface area contributed by atoms with Gasteiger partial charge in [0.05, 0.1) is 9.80 Å². The van der Waals surface area contributed by atoms with Gasteiger partial charge in [-0.05, 0) is 49.7 Å². The topological polar surface area (TPSA) is 34.1 Å². The van der Waals surface area contributed by atoms with Gasteiger partial charge in [-0.1, -0.05) is 35.4 Å². The van der Waals surface area contributed by atoms with Crippen molar-refractivity contribution in [1.29, 1.82) is 0 Å². The van der Waals surface area contributed by atoms with E-state index in [4.69, 9.17) is 0 Å². The number of hydrogen-bond acceptors (Lipinski definition) is 2. The molecule has 1 aromatic rings. The standard InChI is InChI=1S/C18H18O2S/c19-21(20,14-4-2-1-3-5-14)16-10-13-9-15(16)18-12-7-6-11(8-12)17(13)18/h1-5,10-13,15H,6-9H2/t11-,12-,13-,15-/m1/s1. The van der Waals surface area contributed by atoms with Crippen LogP contribution in [0.25, 0.3) is 0 Å². The second-order valence-corrected chi connectivity index (χ2v) is 8.85. The fraction of sp³-hybridized carbons (Fsp3) is 0.444. The van der Waals surface area contributed by atoms with Gasteiger partial charge in [-0.2, -0.15) is 0 Å². The first-order valence-corrected chi connectivity index (χ1v) is 9.40. The van der Waals surface area contributed by atoms with Gasteiger partial charge in [0.2, 0.25) is 9.84 Å². The van der Waals surface area contributed by atoms with Crippen molar-refractivity contribution in [3.8, 4) is 0 Å². The molecule has 2 nitrogen and oxygen atoms in total. The largest absolute Gasteiger partial charge is 0.219 e. The molecule has 0 unspecified atom stereocenters. The maximum atomic E-state index is 12.9. The van der Waals surface area contributed by atoms with Gasteiger partial charge >= 0.3 is 0 Å². The van der Waals surface area contributed by atoms with E-state index in [0.29, 0.717) is 21.6 Å². The van der Waals surface area contributed by atoms with Crippen molar-refractivity contribution in [2.75, 3.05) is 0 Å². The number of fused-ring (bicyclic) bond motifs is 8. The molecule has 0 saturated heterocycles. The molecule has 0 heterocycles. The summed E-state index contributed by atoms with van der Waals surface area (Å²) in [6, 6.07) is 8.92. The Labute approximate surface area is 125 Å². The van der Waals surface area contributed by atoms with E-state index >= 15 is 0 Å². The quantitative estimate of drug-likeness (QED) is 0.616. The first kappa shape index (κ1) is 12.2. The lowest BCUT2D eigenvalue weighted by Gasteiger charge is -2.24. The zero-order chi connectivity index (χ0) is 14.2. The Kier molecular flexibility index (Phi) is 2.26. The molecule has 4 atom stereocenters. The van der Waals surface area contributed by atoms with Crippen LogP contribution in [0.4, 0.5) is 0 Å². The summed E-state index contributed by atoms with van der Waals surface area (Å²) in [7, 11) is -3.30. The third-order valence-corrected chi connectivity index (χ3v) is 7.92. The van der Waals surface area contributed by atoms with E-state index in [1.54, 1.807) is 17.7 Å². The highest BCUT2D eigenvalue weighted by molar-refractivity contribution is 7.95. The first-order valence-electron chi connectivity index (χ1n) is 7.92. The zero-order valence-corrected chi connectivity index (χ0v) is 12.6. The zero-order valence-electron chi connectivity index (χ0n) is 11.8. The van der Waals surface area contributed by atoms with Crippen molar-refractivity contribution in [2.45, 2.75) is 30.6 Å². The Morgan fingerprint density at radius 2 is 1.62 bits per heavy atom. The lowest BCUT2D eigenvalue weighted by molar-refractivity contribution is 0.548. The minimum absolute atomic E-state index is 0.200. The molecule has 0 aliphatic heterocycles. The summed E-state index contributed by atoms with van der Waals surface area (Å²) in [5, 5.41) is 0. The number of allylic oxidation sites excluding steroid dienone is 4. The SMILES string of the molecule is O=S(=O)(C1=C[C@H]2C[C@H]1C1=C2[C@@H]2CC[C@@H]1C2)c1ccccc1. The third-order valence-electron chi connectivity index (χ3n) is 5.98. The van der Waals surface area contributed by atoms with Crippen LogP contribution in [0.3, 0.4) is 0 Å². The van der Waals surface area contributed by atoms with Crippen molar-refractivity contribution >= 4 is 9.84 Å². The van der Waals surface area contributed by atoms with Gasteiger partial charge < -0.3 is 0 Å². The summed E-state index contributed by atoms with van der Waals surface area (Å²) in [5.74, 6) is 2.09. The molecule has 1 saturated carbocycles. The summed E-state index contributed by atoms with van der Waals surface area (Å²) < 4.78 is 25.9. The van der Waals surface area contributed by atoms with Crippen molar-refractivity contribution in [2.24, 2.45) is 23.7 Å². The van der Waals surface area contributed by atoms with Crippen molar-refractivity contribution in [3.63, 3.8) is 0 Å². The monoisotopic (exact) mass is 298 g/mol. The average Bonchev–Trinajstić information content (AvgIpc) is 3.26. The van der Waals surface area contributed by atoms with Crippen LogP contribution in [-0.2, 0) is 9.84 Å². The predicted octanol–water partition coefficient (Wildman–Crippen LogP) is 3.72. The van der Waals surface area contributed by atoms with Gasteiger partial charge in [0.25, 0.3) is 0 Å². The van der Waals surface area contributed by atoms with Crippen LogP contribution in [0.1, 0.15) is 25.7 Å². The number of benzene rings is 1. The van der Waals surface area contributed by atoms with E-state index in [-0.39, 0.29) is 5.92 Å². The summed E-state index contributed by atoms with van der Waals surface area (Å²) in [5.41, 5.74) is 3.18. The van der Waals surface area contributed by atoms with Gasteiger partial charge in [-0.15, -0.1) is 0 Å². The van der Waals surface area contributed by atoms with E-state index in [0.717, 1.165) is 12.3 Å². The number of rotatable bonds is 2. The molecular formula is C18H18O2S. The maximum Gasteiger partial charge on any atom is 0.203 e. The Morgan fingerprint density at radius 1 is 0.905 bits per heavy atom. The smallest absolute Gasteiger partial charge is 0.203 e. The molecule has 4 aliphatic rings. The molecule has 4 bridgehead atoms. The van der Waals surface area contributed by atoms with Crippen LogP contribution < -0.4 is 0 Å². The molecule has 21 heavy (non-hydrogen) atoms. The molecule has 0 aromatic heterocycles. The molecule has 1 fully saturated rings. The van der Waals surface area contributed by atoms with E-state index in [1.807, 2.05) is 18.2 Å². The van der Waals surface area contributed by atoms with Gasteiger partial charge in [0, 0.05) is 11.8 Å². The Balaban J connectivity index is 1.58. The first-order chi connectivity index (χ1) is 10.2.